The van der Waals surface area contributed by atoms with Crippen molar-refractivity contribution in [3.05, 3.63) is 64.2 Å². The van der Waals surface area contributed by atoms with Gasteiger partial charge in [-0.2, -0.15) is 0 Å². The molecule has 1 saturated heterocycles. The summed E-state index contributed by atoms with van der Waals surface area (Å²) in [5.74, 6) is -0.379. The van der Waals surface area contributed by atoms with E-state index in [0.29, 0.717) is 16.6 Å². The Labute approximate surface area is 190 Å². The number of amides is 2. The first-order valence-electron chi connectivity index (χ1n) is 9.59. The molecule has 0 bridgehead atoms. The summed E-state index contributed by atoms with van der Waals surface area (Å²) >= 11 is 17.3. The van der Waals surface area contributed by atoms with Gasteiger partial charge in [0.1, 0.15) is 5.57 Å². The number of nitrogens with zero attached hydrogens (tertiary/aromatic N) is 2. The van der Waals surface area contributed by atoms with Crippen LogP contribution in [0.4, 0.5) is 11.4 Å². The fraction of sp³-hybridized carbons (Fsp3) is 0.227. The molecule has 4 rings (SSSR count). The molecule has 0 aromatic heterocycles. The average Bonchev–Trinajstić information content (AvgIpc) is 3.13. The lowest BCUT2D eigenvalue weighted by Gasteiger charge is -2.29. The third-order valence-electron chi connectivity index (χ3n) is 5.16. The van der Waals surface area contributed by atoms with E-state index in [0.717, 1.165) is 31.5 Å². The molecule has 2 heterocycles. The molecule has 0 spiro atoms. The summed E-state index contributed by atoms with van der Waals surface area (Å²) in [4.78, 5) is 29.2. The van der Waals surface area contributed by atoms with Crippen molar-refractivity contribution in [2.45, 2.75) is 12.8 Å². The van der Waals surface area contributed by atoms with Crippen LogP contribution in [0, 0.1) is 0 Å². The summed E-state index contributed by atoms with van der Waals surface area (Å²) in [5, 5.41) is 2.97. The van der Waals surface area contributed by atoms with Crippen molar-refractivity contribution in [1.82, 2.24) is 5.32 Å². The van der Waals surface area contributed by atoms with Crippen molar-refractivity contribution < 1.29 is 9.59 Å². The van der Waals surface area contributed by atoms with Crippen LogP contribution < -0.4 is 15.1 Å². The second-order valence-electron chi connectivity index (χ2n) is 7.08. The lowest BCUT2D eigenvalue weighted by molar-refractivity contribution is -0.122. The standard InChI is InChI=1S/C22H19Cl2N3O2S/c23-9-3-10-26-11-8-15-12-14(6-7-18(15)26)13-16-20(28)25-22(30)27(21(16)29)19-5-2-1-4-17(19)24/h1-2,4-7,12-13H,3,8-11H2,(H,25,28,30)/b16-13+. The van der Waals surface area contributed by atoms with Crippen LogP contribution in [-0.2, 0) is 16.0 Å². The molecule has 0 unspecified atom stereocenters. The summed E-state index contributed by atoms with van der Waals surface area (Å²) in [6.07, 6.45) is 3.45. The second-order valence-corrected chi connectivity index (χ2v) is 8.25. The maximum absolute atomic E-state index is 13.1. The zero-order chi connectivity index (χ0) is 21.3. The topological polar surface area (TPSA) is 52.7 Å². The minimum absolute atomic E-state index is 0.0131. The number of hydrogen-bond acceptors (Lipinski definition) is 4. The predicted octanol–water partition coefficient (Wildman–Crippen LogP) is 4.16. The number of hydrogen-bond donors (Lipinski definition) is 1. The highest BCUT2D eigenvalue weighted by atomic mass is 35.5. The van der Waals surface area contributed by atoms with Crippen LogP contribution >= 0.6 is 35.4 Å². The Morgan fingerprint density at radius 3 is 2.70 bits per heavy atom. The number of nitrogens with one attached hydrogen (secondary N) is 1. The van der Waals surface area contributed by atoms with Gasteiger partial charge in [-0.05, 0) is 66.5 Å². The maximum atomic E-state index is 13.1. The lowest BCUT2D eigenvalue weighted by atomic mass is 10.0. The van der Waals surface area contributed by atoms with Gasteiger partial charge in [-0.25, -0.2) is 0 Å². The van der Waals surface area contributed by atoms with Gasteiger partial charge in [0.25, 0.3) is 11.8 Å². The fourth-order valence-electron chi connectivity index (χ4n) is 3.74. The molecule has 30 heavy (non-hydrogen) atoms. The van der Waals surface area contributed by atoms with E-state index >= 15 is 0 Å². The van der Waals surface area contributed by atoms with Crippen molar-refractivity contribution in [2.24, 2.45) is 0 Å². The third-order valence-corrected chi connectivity index (χ3v) is 6.03. The van der Waals surface area contributed by atoms with Crippen LogP contribution in [0.25, 0.3) is 6.08 Å². The van der Waals surface area contributed by atoms with Gasteiger partial charge >= 0.3 is 0 Å². The number of anilines is 2. The van der Waals surface area contributed by atoms with Crippen LogP contribution in [0.5, 0.6) is 0 Å². The highest BCUT2D eigenvalue weighted by molar-refractivity contribution is 7.80. The zero-order valence-electron chi connectivity index (χ0n) is 16.0. The van der Waals surface area contributed by atoms with Crippen molar-refractivity contribution >= 4 is 69.8 Å². The minimum atomic E-state index is -0.516. The number of benzene rings is 2. The minimum Gasteiger partial charge on any atom is -0.371 e. The van der Waals surface area contributed by atoms with Crippen molar-refractivity contribution in [3.8, 4) is 0 Å². The number of halogens is 2. The van der Waals surface area contributed by atoms with E-state index in [1.165, 1.54) is 16.2 Å². The number of rotatable bonds is 5. The summed E-state index contributed by atoms with van der Waals surface area (Å²) < 4.78 is 0. The number of fused-ring (bicyclic) bond motifs is 1. The molecule has 5 nitrogen and oxygen atoms in total. The number of carbonyl (C=O) groups excluding carboxylic acids is 2. The Morgan fingerprint density at radius 2 is 1.93 bits per heavy atom. The quantitative estimate of drug-likeness (QED) is 0.315. The molecule has 2 aliphatic heterocycles. The van der Waals surface area contributed by atoms with Crippen LogP contribution in [0.2, 0.25) is 5.02 Å². The lowest BCUT2D eigenvalue weighted by Crippen LogP contribution is -2.54. The Hall–Kier alpha value is -2.41. The van der Waals surface area contributed by atoms with Crippen LogP contribution in [0.3, 0.4) is 0 Å². The van der Waals surface area contributed by atoms with Crippen LogP contribution in [0.15, 0.2) is 48.0 Å². The zero-order valence-corrected chi connectivity index (χ0v) is 18.4. The molecule has 1 fully saturated rings. The Balaban J connectivity index is 1.65. The molecule has 8 heteroatoms. The van der Waals surface area contributed by atoms with E-state index in [1.54, 1.807) is 30.3 Å². The molecule has 0 saturated carbocycles. The van der Waals surface area contributed by atoms with E-state index in [1.807, 2.05) is 18.2 Å². The Kier molecular flexibility index (Phi) is 6.09. The smallest absolute Gasteiger partial charge is 0.270 e. The largest absolute Gasteiger partial charge is 0.371 e. The van der Waals surface area contributed by atoms with Crippen molar-refractivity contribution in [2.75, 3.05) is 28.8 Å². The van der Waals surface area contributed by atoms with Gasteiger partial charge in [-0.1, -0.05) is 29.8 Å². The molecule has 2 aromatic rings. The van der Waals surface area contributed by atoms with E-state index in [4.69, 9.17) is 35.4 Å². The molecular weight excluding hydrogens is 441 g/mol. The molecule has 154 valence electrons. The average molecular weight is 460 g/mol. The fourth-order valence-corrected chi connectivity index (χ4v) is 4.35. The molecule has 0 aliphatic carbocycles. The van der Waals surface area contributed by atoms with E-state index < -0.39 is 11.8 Å². The molecular formula is C22H19Cl2N3O2S. The summed E-state index contributed by atoms with van der Waals surface area (Å²) in [5.41, 5.74) is 3.62. The van der Waals surface area contributed by atoms with Gasteiger partial charge in [-0.3, -0.25) is 19.8 Å². The highest BCUT2D eigenvalue weighted by Crippen LogP contribution is 2.31. The van der Waals surface area contributed by atoms with E-state index in [2.05, 4.69) is 10.2 Å². The number of thiocarbonyl (C=S) groups is 1. The highest BCUT2D eigenvalue weighted by Gasteiger charge is 2.35. The molecule has 0 atom stereocenters. The number of alkyl halides is 1. The van der Waals surface area contributed by atoms with Gasteiger partial charge in [0.05, 0.1) is 10.7 Å². The predicted molar refractivity (Wildman–Crippen MR) is 125 cm³/mol. The summed E-state index contributed by atoms with van der Waals surface area (Å²) in [7, 11) is 0. The van der Waals surface area contributed by atoms with Crippen molar-refractivity contribution in [1.29, 1.82) is 0 Å². The van der Waals surface area contributed by atoms with E-state index in [-0.39, 0.29) is 10.7 Å². The molecule has 2 amide bonds. The van der Waals surface area contributed by atoms with Crippen LogP contribution in [0.1, 0.15) is 17.5 Å². The van der Waals surface area contributed by atoms with Gasteiger partial charge in [0, 0.05) is 24.7 Å². The second kappa shape index (κ2) is 8.76. The van der Waals surface area contributed by atoms with Gasteiger partial charge in [-0.15, -0.1) is 11.6 Å². The first kappa shape index (κ1) is 20.8. The maximum Gasteiger partial charge on any atom is 0.270 e. The van der Waals surface area contributed by atoms with E-state index in [9.17, 15) is 9.59 Å². The summed E-state index contributed by atoms with van der Waals surface area (Å²) in [6, 6.07) is 12.8. The Bertz CT molecular complexity index is 1070. The Morgan fingerprint density at radius 1 is 1.13 bits per heavy atom. The monoisotopic (exact) mass is 459 g/mol. The molecule has 2 aliphatic rings. The normalized spacial score (nSPS) is 17.5. The number of carbonyl (C=O) groups is 2. The third kappa shape index (κ3) is 3.95. The first-order chi connectivity index (χ1) is 14.5. The SMILES string of the molecule is O=C1NC(=S)N(c2ccccc2Cl)C(=O)/C1=C/c1ccc2c(c1)CCN2CCCCl. The molecule has 2 aromatic carbocycles. The van der Waals surface area contributed by atoms with Gasteiger partial charge in [0.15, 0.2) is 5.11 Å². The summed E-state index contributed by atoms with van der Waals surface area (Å²) in [6.45, 7) is 1.86. The molecule has 1 N–H and O–H groups in total. The molecule has 0 radical (unpaired) electrons. The first-order valence-corrected chi connectivity index (χ1v) is 10.9. The number of para-hydroxylation sites is 1. The van der Waals surface area contributed by atoms with Crippen molar-refractivity contribution in [3.63, 3.8) is 0 Å². The van der Waals surface area contributed by atoms with Gasteiger partial charge in [0.2, 0.25) is 0 Å². The van der Waals surface area contributed by atoms with Gasteiger partial charge < -0.3 is 4.90 Å². The van der Waals surface area contributed by atoms with Crippen LogP contribution in [-0.4, -0.2) is 35.9 Å².